The number of nitrogens with zero attached hydrogens (tertiary/aromatic N) is 1. The van der Waals surface area contributed by atoms with E-state index in [1.165, 1.54) is 20.8 Å². The highest BCUT2D eigenvalue weighted by molar-refractivity contribution is 5.83. The highest BCUT2D eigenvalue weighted by Gasteiger charge is 2.46. The van der Waals surface area contributed by atoms with E-state index in [4.69, 9.17) is 5.26 Å². The summed E-state index contributed by atoms with van der Waals surface area (Å²) in [4.78, 5) is 12.0. The zero-order valence-corrected chi connectivity index (χ0v) is 11.6. The van der Waals surface area contributed by atoms with E-state index in [9.17, 15) is 13.6 Å². The third-order valence-corrected chi connectivity index (χ3v) is 2.98. The Morgan fingerprint density at radius 3 is 2.47 bits per heavy atom. The fourth-order valence-electron chi connectivity index (χ4n) is 1.76. The molecule has 2 atom stereocenters. The molecule has 0 radical (unpaired) electrons. The number of nitriles is 1. The van der Waals surface area contributed by atoms with Gasteiger partial charge in [0.2, 0.25) is 5.91 Å². The molecule has 0 aromatic heterocycles. The minimum absolute atomic E-state index is 0.0201. The molecule has 4 nitrogen and oxygen atoms in total. The van der Waals surface area contributed by atoms with Crippen molar-refractivity contribution in [3.8, 4) is 6.07 Å². The van der Waals surface area contributed by atoms with Crippen LogP contribution in [0, 0.1) is 11.3 Å². The third kappa shape index (κ3) is 5.52. The molecule has 0 aromatic rings. The van der Waals surface area contributed by atoms with Gasteiger partial charge in [-0.3, -0.25) is 4.79 Å². The molecule has 1 rings (SSSR count). The van der Waals surface area contributed by atoms with Crippen molar-refractivity contribution >= 4 is 5.91 Å². The molecule has 0 heterocycles. The number of alkyl halides is 2. The van der Waals surface area contributed by atoms with Gasteiger partial charge in [-0.05, 0) is 33.6 Å². The van der Waals surface area contributed by atoms with Crippen LogP contribution in [0.3, 0.4) is 0 Å². The summed E-state index contributed by atoms with van der Waals surface area (Å²) in [6.45, 7) is 4.07. The first kappa shape index (κ1) is 15.8. The van der Waals surface area contributed by atoms with E-state index < -0.39 is 29.3 Å². The van der Waals surface area contributed by atoms with Crippen LogP contribution in [0.2, 0.25) is 0 Å². The van der Waals surface area contributed by atoms with Crippen molar-refractivity contribution in [1.82, 2.24) is 10.6 Å². The van der Waals surface area contributed by atoms with E-state index in [0.717, 1.165) is 0 Å². The molecule has 0 bridgehead atoms. The highest BCUT2D eigenvalue weighted by Crippen LogP contribution is 2.34. The van der Waals surface area contributed by atoms with Crippen LogP contribution in [-0.4, -0.2) is 35.9 Å². The standard InChI is InChI=1S/C13H21F2N3O/c1-9(14)7-17-10(6-12(2,3)15)11(19)18-13(8-16)4-5-13/h9-10,17H,4-7H2,1-3H3,(H,18,19). The lowest BCUT2D eigenvalue weighted by atomic mass is 9.99. The molecule has 1 aliphatic rings. The molecule has 6 heteroatoms. The average Bonchev–Trinajstić information content (AvgIpc) is 3.03. The molecule has 1 saturated carbocycles. The number of carbonyl (C=O) groups excluding carboxylic acids is 1. The predicted octanol–water partition coefficient (Wildman–Crippen LogP) is 1.61. The van der Waals surface area contributed by atoms with Crippen molar-refractivity contribution < 1.29 is 13.6 Å². The Hall–Kier alpha value is -1.22. The summed E-state index contributed by atoms with van der Waals surface area (Å²) >= 11 is 0. The summed E-state index contributed by atoms with van der Waals surface area (Å²) in [5.74, 6) is -0.439. The predicted molar refractivity (Wildman–Crippen MR) is 67.9 cm³/mol. The minimum atomic E-state index is -1.54. The zero-order valence-electron chi connectivity index (χ0n) is 11.6. The second-order valence-electron chi connectivity index (χ2n) is 5.85. The summed E-state index contributed by atoms with van der Waals surface area (Å²) in [7, 11) is 0. The quantitative estimate of drug-likeness (QED) is 0.740. The van der Waals surface area contributed by atoms with Crippen LogP contribution < -0.4 is 10.6 Å². The fraction of sp³-hybridized carbons (Fsp3) is 0.846. The van der Waals surface area contributed by atoms with Gasteiger partial charge in [0.25, 0.3) is 0 Å². The van der Waals surface area contributed by atoms with Crippen molar-refractivity contribution in [2.75, 3.05) is 6.54 Å². The normalized spacial score (nSPS) is 20.2. The number of halogens is 2. The Kier molecular flexibility index (Phi) is 4.86. The Labute approximate surface area is 112 Å². The number of carbonyl (C=O) groups is 1. The van der Waals surface area contributed by atoms with E-state index >= 15 is 0 Å². The molecular weight excluding hydrogens is 252 g/mol. The van der Waals surface area contributed by atoms with Crippen LogP contribution in [0.5, 0.6) is 0 Å². The van der Waals surface area contributed by atoms with Gasteiger partial charge in [-0.25, -0.2) is 8.78 Å². The van der Waals surface area contributed by atoms with Gasteiger partial charge in [0.15, 0.2) is 0 Å². The fourth-order valence-corrected chi connectivity index (χ4v) is 1.76. The van der Waals surface area contributed by atoms with Crippen LogP contribution in [0.4, 0.5) is 8.78 Å². The lowest BCUT2D eigenvalue weighted by Gasteiger charge is -2.25. The Bertz CT molecular complexity index is 367. The summed E-state index contributed by atoms with van der Waals surface area (Å²) in [5.41, 5.74) is -2.34. The second kappa shape index (κ2) is 5.83. The number of nitrogens with one attached hydrogen (secondary N) is 2. The van der Waals surface area contributed by atoms with Gasteiger partial charge in [-0.2, -0.15) is 5.26 Å². The van der Waals surface area contributed by atoms with Crippen molar-refractivity contribution in [3.63, 3.8) is 0 Å². The first-order chi connectivity index (χ1) is 8.67. The van der Waals surface area contributed by atoms with E-state index in [-0.39, 0.29) is 13.0 Å². The van der Waals surface area contributed by atoms with Crippen LogP contribution in [0.1, 0.15) is 40.0 Å². The molecule has 2 N–H and O–H groups in total. The second-order valence-corrected chi connectivity index (χ2v) is 5.85. The highest BCUT2D eigenvalue weighted by atomic mass is 19.1. The van der Waals surface area contributed by atoms with Gasteiger partial charge < -0.3 is 10.6 Å². The third-order valence-electron chi connectivity index (χ3n) is 2.98. The van der Waals surface area contributed by atoms with Crippen LogP contribution >= 0.6 is 0 Å². The number of hydrogen-bond acceptors (Lipinski definition) is 3. The molecule has 0 spiro atoms. The molecule has 0 aromatic carbocycles. The minimum Gasteiger partial charge on any atom is -0.336 e. The van der Waals surface area contributed by atoms with E-state index in [0.29, 0.717) is 12.8 Å². The molecule has 1 aliphatic carbocycles. The van der Waals surface area contributed by atoms with E-state index in [1.807, 2.05) is 6.07 Å². The van der Waals surface area contributed by atoms with Gasteiger partial charge in [0, 0.05) is 13.0 Å². The van der Waals surface area contributed by atoms with E-state index in [2.05, 4.69) is 10.6 Å². The van der Waals surface area contributed by atoms with Gasteiger partial charge >= 0.3 is 0 Å². The SMILES string of the molecule is CC(F)CNC(CC(C)(C)F)C(=O)NC1(C#N)CC1. The number of amides is 1. The molecule has 108 valence electrons. The lowest BCUT2D eigenvalue weighted by Crippen LogP contribution is -2.51. The number of rotatable bonds is 7. The maximum atomic E-state index is 13.7. The topological polar surface area (TPSA) is 64.9 Å². The van der Waals surface area contributed by atoms with Gasteiger partial charge in [-0.15, -0.1) is 0 Å². The van der Waals surface area contributed by atoms with Gasteiger partial charge in [0.05, 0.1) is 12.1 Å². The number of hydrogen-bond donors (Lipinski definition) is 2. The Morgan fingerprint density at radius 1 is 1.53 bits per heavy atom. The van der Waals surface area contributed by atoms with Gasteiger partial charge in [0.1, 0.15) is 17.4 Å². The summed E-state index contributed by atoms with van der Waals surface area (Å²) in [5, 5.41) is 14.2. The van der Waals surface area contributed by atoms with E-state index in [1.54, 1.807) is 0 Å². The van der Waals surface area contributed by atoms with Crippen LogP contribution in [-0.2, 0) is 4.79 Å². The molecule has 0 saturated heterocycles. The Morgan fingerprint density at radius 2 is 2.11 bits per heavy atom. The van der Waals surface area contributed by atoms with Crippen molar-refractivity contribution in [3.05, 3.63) is 0 Å². The lowest BCUT2D eigenvalue weighted by molar-refractivity contribution is -0.124. The molecule has 2 unspecified atom stereocenters. The average molecular weight is 273 g/mol. The maximum absolute atomic E-state index is 13.7. The molecule has 0 aliphatic heterocycles. The van der Waals surface area contributed by atoms with Crippen molar-refractivity contribution in [2.24, 2.45) is 0 Å². The molecular formula is C13H21F2N3O. The smallest absolute Gasteiger partial charge is 0.238 e. The zero-order chi connectivity index (χ0) is 14.7. The van der Waals surface area contributed by atoms with Crippen LogP contribution in [0.15, 0.2) is 0 Å². The first-order valence-corrected chi connectivity index (χ1v) is 6.47. The molecule has 1 amide bonds. The first-order valence-electron chi connectivity index (χ1n) is 6.47. The maximum Gasteiger partial charge on any atom is 0.238 e. The van der Waals surface area contributed by atoms with Crippen LogP contribution in [0.25, 0.3) is 0 Å². The molecule has 19 heavy (non-hydrogen) atoms. The van der Waals surface area contributed by atoms with Gasteiger partial charge in [-0.1, -0.05) is 0 Å². The summed E-state index contributed by atoms with van der Waals surface area (Å²) in [6.07, 6.45) is 0.0393. The monoisotopic (exact) mass is 273 g/mol. The Balaban J connectivity index is 2.61. The van der Waals surface area contributed by atoms with Crippen molar-refractivity contribution in [1.29, 1.82) is 5.26 Å². The summed E-state index contributed by atoms with van der Waals surface area (Å²) < 4.78 is 26.5. The van der Waals surface area contributed by atoms with Crippen molar-refractivity contribution in [2.45, 2.75) is 63.5 Å². The largest absolute Gasteiger partial charge is 0.336 e. The summed E-state index contributed by atoms with van der Waals surface area (Å²) in [6, 6.07) is 1.21. The molecule has 1 fully saturated rings.